The second kappa shape index (κ2) is 8.34. The number of nitrogens with one attached hydrogen (secondary N) is 1. The van der Waals surface area contributed by atoms with Crippen LogP contribution in [0.2, 0.25) is 0 Å². The van der Waals surface area contributed by atoms with Crippen LogP contribution in [-0.2, 0) is 4.79 Å². The van der Waals surface area contributed by atoms with Crippen LogP contribution in [0.3, 0.4) is 0 Å². The van der Waals surface area contributed by atoms with Gasteiger partial charge in [-0.05, 0) is 42.6 Å². The van der Waals surface area contributed by atoms with E-state index in [1.807, 2.05) is 42.5 Å². The Labute approximate surface area is 151 Å². The molecule has 0 spiro atoms. The summed E-state index contributed by atoms with van der Waals surface area (Å²) in [5, 5.41) is 4.80. The van der Waals surface area contributed by atoms with E-state index in [0.29, 0.717) is 24.7 Å². The van der Waals surface area contributed by atoms with Crippen molar-refractivity contribution < 1.29 is 18.7 Å². The first-order valence-corrected chi connectivity index (χ1v) is 8.44. The minimum Gasteiger partial charge on any atom is -0.492 e. The van der Waals surface area contributed by atoms with Gasteiger partial charge in [-0.2, -0.15) is 0 Å². The number of ether oxygens (including phenoxy) is 2. The number of carbonyl (C=O) groups is 1. The highest BCUT2D eigenvalue weighted by Crippen LogP contribution is 2.26. The minimum absolute atomic E-state index is 0.222. The SMILES string of the molecule is CC(Oc1cccc2ccccc12)C(=O)NCCOc1ccc(F)cc1. The lowest BCUT2D eigenvalue weighted by Gasteiger charge is -2.16. The quantitative estimate of drug-likeness (QED) is 0.655. The summed E-state index contributed by atoms with van der Waals surface area (Å²) in [5.41, 5.74) is 0. The molecule has 26 heavy (non-hydrogen) atoms. The highest BCUT2D eigenvalue weighted by molar-refractivity contribution is 5.89. The van der Waals surface area contributed by atoms with Crippen LogP contribution < -0.4 is 14.8 Å². The normalized spacial score (nSPS) is 11.8. The van der Waals surface area contributed by atoms with E-state index in [2.05, 4.69) is 5.32 Å². The van der Waals surface area contributed by atoms with E-state index in [-0.39, 0.29) is 11.7 Å². The average molecular weight is 353 g/mol. The molecule has 1 N–H and O–H groups in total. The average Bonchev–Trinajstić information content (AvgIpc) is 2.66. The van der Waals surface area contributed by atoms with Crippen LogP contribution in [-0.4, -0.2) is 25.2 Å². The summed E-state index contributed by atoms with van der Waals surface area (Å²) in [6.45, 7) is 2.33. The molecule has 0 aliphatic rings. The Bertz CT molecular complexity index is 875. The van der Waals surface area contributed by atoms with E-state index >= 15 is 0 Å². The molecule has 0 radical (unpaired) electrons. The number of amides is 1. The Balaban J connectivity index is 1.49. The second-order valence-electron chi connectivity index (χ2n) is 5.83. The fraction of sp³-hybridized carbons (Fsp3) is 0.190. The Morgan fingerprint density at radius 2 is 1.77 bits per heavy atom. The van der Waals surface area contributed by atoms with Gasteiger partial charge in [-0.1, -0.05) is 36.4 Å². The zero-order valence-electron chi connectivity index (χ0n) is 14.4. The van der Waals surface area contributed by atoms with Crippen molar-refractivity contribution in [1.29, 1.82) is 0 Å². The van der Waals surface area contributed by atoms with Gasteiger partial charge in [0.25, 0.3) is 5.91 Å². The molecule has 4 nitrogen and oxygen atoms in total. The van der Waals surface area contributed by atoms with E-state index in [1.54, 1.807) is 19.1 Å². The lowest BCUT2D eigenvalue weighted by molar-refractivity contribution is -0.127. The van der Waals surface area contributed by atoms with Gasteiger partial charge in [0.05, 0.1) is 6.54 Å². The van der Waals surface area contributed by atoms with E-state index in [9.17, 15) is 9.18 Å². The van der Waals surface area contributed by atoms with Crippen LogP contribution in [0.4, 0.5) is 4.39 Å². The van der Waals surface area contributed by atoms with E-state index in [4.69, 9.17) is 9.47 Å². The van der Waals surface area contributed by atoms with E-state index in [0.717, 1.165) is 10.8 Å². The van der Waals surface area contributed by atoms with Crippen LogP contribution in [0.15, 0.2) is 66.7 Å². The molecule has 0 saturated heterocycles. The summed E-state index contributed by atoms with van der Waals surface area (Å²) in [7, 11) is 0. The Hall–Kier alpha value is -3.08. The van der Waals surface area contributed by atoms with Crippen LogP contribution in [0.1, 0.15) is 6.92 Å². The van der Waals surface area contributed by atoms with Crippen LogP contribution >= 0.6 is 0 Å². The van der Waals surface area contributed by atoms with Crippen molar-refractivity contribution in [2.75, 3.05) is 13.2 Å². The predicted octanol–water partition coefficient (Wildman–Crippen LogP) is 3.94. The number of halogens is 1. The zero-order valence-corrected chi connectivity index (χ0v) is 14.4. The molecule has 0 saturated carbocycles. The van der Waals surface area contributed by atoms with Crippen molar-refractivity contribution in [1.82, 2.24) is 5.32 Å². The lowest BCUT2D eigenvalue weighted by atomic mass is 10.1. The number of rotatable bonds is 7. The molecule has 5 heteroatoms. The molecule has 0 aliphatic carbocycles. The van der Waals surface area contributed by atoms with Gasteiger partial charge in [-0.3, -0.25) is 4.79 Å². The maximum absolute atomic E-state index is 12.8. The van der Waals surface area contributed by atoms with Gasteiger partial charge in [0.15, 0.2) is 6.10 Å². The fourth-order valence-corrected chi connectivity index (χ4v) is 2.56. The van der Waals surface area contributed by atoms with Gasteiger partial charge in [0.1, 0.15) is 23.9 Å². The summed E-state index contributed by atoms with van der Waals surface area (Å²) in [5.74, 6) is 0.694. The lowest BCUT2D eigenvalue weighted by Crippen LogP contribution is -2.38. The monoisotopic (exact) mass is 353 g/mol. The third kappa shape index (κ3) is 4.51. The molecule has 3 aromatic rings. The van der Waals surface area contributed by atoms with Gasteiger partial charge < -0.3 is 14.8 Å². The summed E-state index contributed by atoms with van der Waals surface area (Å²) < 4.78 is 24.1. The third-order valence-corrected chi connectivity index (χ3v) is 3.91. The molecule has 0 bridgehead atoms. The first-order chi connectivity index (χ1) is 12.6. The van der Waals surface area contributed by atoms with E-state index < -0.39 is 6.10 Å². The van der Waals surface area contributed by atoms with Crippen molar-refractivity contribution in [2.24, 2.45) is 0 Å². The molecular weight excluding hydrogens is 333 g/mol. The number of carbonyl (C=O) groups excluding carboxylic acids is 1. The van der Waals surface area contributed by atoms with E-state index in [1.165, 1.54) is 12.1 Å². The number of fused-ring (bicyclic) bond motifs is 1. The third-order valence-electron chi connectivity index (χ3n) is 3.91. The van der Waals surface area contributed by atoms with Crippen LogP contribution in [0.5, 0.6) is 11.5 Å². The standard InChI is InChI=1S/C21H20FNO3/c1-15(26-20-8-4-6-16-5-2-3-7-19(16)20)21(24)23-13-14-25-18-11-9-17(22)10-12-18/h2-12,15H,13-14H2,1H3,(H,23,24). The molecular formula is C21H20FNO3. The number of hydrogen-bond donors (Lipinski definition) is 1. The Morgan fingerprint density at radius 1 is 1.04 bits per heavy atom. The molecule has 134 valence electrons. The highest BCUT2D eigenvalue weighted by atomic mass is 19.1. The summed E-state index contributed by atoms with van der Waals surface area (Å²) >= 11 is 0. The molecule has 3 rings (SSSR count). The van der Waals surface area contributed by atoms with Gasteiger partial charge in [0, 0.05) is 5.39 Å². The second-order valence-corrected chi connectivity index (χ2v) is 5.83. The summed E-state index contributed by atoms with van der Waals surface area (Å²) in [6.07, 6.45) is -0.633. The first kappa shape index (κ1) is 17.7. The van der Waals surface area contributed by atoms with Crippen molar-refractivity contribution in [3.63, 3.8) is 0 Å². The van der Waals surface area contributed by atoms with Crippen molar-refractivity contribution >= 4 is 16.7 Å². The maximum atomic E-state index is 12.8. The maximum Gasteiger partial charge on any atom is 0.260 e. The molecule has 0 heterocycles. The smallest absolute Gasteiger partial charge is 0.260 e. The predicted molar refractivity (Wildman–Crippen MR) is 98.9 cm³/mol. The molecule has 0 aromatic heterocycles. The van der Waals surface area contributed by atoms with Gasteiger partial charge >= 0.3 is 0 Å². The minimum atomic E-state index is -0.633. The molecule has 3 aromatic carbocycles. The van der Waals surface area contributed by atoms with Crippen LogP contribution in [0.25, 0.3) is 10.8 Å². The Kier molecular flexibility index (Phi) is 5.69. The van der Waals surface area contributed by atoms with Crippen molar-refractivity contribution in [2.45, 2.75) is 13.0 Å². The molecule has 0 fully saturated rings. The van der Waals surface area contributed by atoms with Gasteiger partial charge in [-0.15, -0.1) is 0 Å². The molecule has 1 atom stereocenters. The zero-order chi connectivity index (χ0) is 18.4. The largest absolute Gasteiger partial charge is 0.492 e. The topological polar surface area (TPSA) is 47.6 Å². The highest BCUT2D eigenvalue weighted by Gasteiger charge is 2.15. The van der Waals surface area contributed by atoms with Crippen LogP contribution in [0, 0.1) is 5.82 Å². The Morgan fingerprint density at radius 3 is 2.58 bits per heavy atom. The van der Waals surface area contributed by atoms with Crippen molar-refractivity contribution in [3.05, 3.63) is 72.5 Å². The number of hydrogen-bond acceptors (Lipinski definition) is 3. The molecule has 0 aliphatic heterocycles. The van der Waals surface area contributed by atoms with Crippen molar-refractivity contribution in [3.8, 4) is 11.5 Å². The fourth-order valence-electron chi connectivity index (χ4n) is 2.56. The molecule has 1 unspecified atom stereocenters. The molecule has 1 amide bonds. The van der Waals surface area contributed by atoms with Gasteiger partial charge in [-0.25, -0.2) is 4.39 Å². The summed E-state index contributed by atoms with van der Waals surface area (Å²) in [6, 6.07) is 19.4. The summed E-state index contributed by atoms with van der Waals surface area (Å²) in [4.78, 5) is 12.2. The first-order valence-electron chi connectivity index (χ1n) is 8.44. The van der Waals surface area contributed by atoms with Gasteiger partial charge in [0.2, 0.25) is 0 Å². The number of benzene rings is 3.